The summed E-state index contributed by atoms with van der Waals surface area (Å²) in [6.45, 7) is 7.33. The maximum Gasteiger partial charge on any atom is 0.257 e. The van der Waals surface area contributed by atoms with E-state index in [2.05, 4.69) is 23.1 Å². The Morgan fingerprint density at radius 2 is 2.23 bits per heavy atom. The molecule has 0 aliphatic carbocycles. The number of hydrogen-bond acceptors (Lipinski definition) is 4. The fourth-order valence-corrected chi connectivity index (χ4v) is 2.82. The Morgan fingerprint density at radius 3 is 2.95 bits per heavy atom. The summed E-state index contributed by atoms with van der Waals surface area (Å²) >= 11 is 0. The van der Waals surface area contributed by atoms with Crippen molar-refractivity contribution in [3.63, 3.8) is 0 Å². The monoisotopic (exact) mass is 302 g/mol. The van der Waals surface area contributed by atoms with Crippen molar-refractivity contribution >= 4 is 5.91 Å². The Kier molecular flexibility index (Phi) is 4.58. The molecule has 22 heavy (non-hydrogen) atoms. The van der Waals surface area contributed by atoms with Crippen molar-refractivity contribution in [3.05, 3.63) is 42.1 Å². The average molecular weight is 302 g/mol. The van der Waals surface area contributed by atoms with Crippen LogP contribution in [0.4, 0.5) is 0 Å². The van der Waals surface area contributed by atoms with Crippen molar-refractivity contribution in [2.45, 2.75) is 26.4 Å². The second kappa shape index (κ2) is 6.79. The normalized spacial score (nSPS) is 16.7. The van der Waals surface area contributed by atoms with E-state index in [9.17, 15) is 4.79 Å². The van der Waals surface area contributed by atoms with Gasteiger partial charge in [0.05, 0.1) is 18.0 Å². The molecule has 0 radical (unpaired) electrons. The standard InChI is InChI=1S/C16H22N4O2/c1-2-20-12-14(10-17-20)11-18-5-3-6-19(8-7-18)16(21)15-4-9-22-13-15/h4,9-10,12-13H,2-3,5-8,11H2,1H3. The van der Waals surface area contributed by atoms with Gasteiger partial charge in [-0.3, -0.25) is 14.4 Å². The molecule has 6 heteroatoms. The minimum atomic E-state index is 0.0643. The number of rotatable bonds is 4. The molecule has 3 rings (SSSR count). The van der Waals surface area contributed by atoms with E-state index in [0.29, 0.717) is 5.56 Å². The largest absolute Gasteiger partial charge is 0.472 e. The van der Waals surface area contributed by atoms with Crippen LogP contribution in [0.25, 0.3) is 0 Å². The van der Waals surface area contributed by atoms with Crippen molar-refractivity contribution in [1.82, 2.24) is 19.6 Å². The highest BCUT2D eigenvalue weighted by Gasteiger charge is 2.21. The molecule has 6 nitrogen and oxygen atoms in total. The molecule has 0 saturated carbocycles. The van der Waals surface area contributed by atoms with Gasteiger partial charge in [-0.15, -0.1) is 0 Å². The molecule has 1 fully saturated rings. The molecule has 1 saturated heterocycles. The van der Waals surface area contributed by atoms with Gasteiger partial charge < -0.3 is 9.32 Å². The van der Waals surface area contributed by atoms with Gasteiger partial charge in [-0.2, -0.15) is 5.10 Å². The van der Waals surface area contributed by atoms with E-state index in [1.54, 1.807) is 12.3 Å². The molecule has 3 heterocycles. The highest BCUT2D eigenvalue weighted by Crippen LogP contribution is 2.12. The number of furan rings is 1. The maximum atomic E-state index is 12.4. The van der Waals surface area contributed by atoms with Crippen molar-refractivity contribution < 1.29 is 9.21 Å². The zero-order chi connectivity index (χ0) is 15.4. The molecule has 0 aromatic carbocycles. The number of carbonyl (C=O) groups is 1. The Bertz CT molecular complexity index is 605. The zero-order valence-electron chi connectivity index (χ0n) is 12.9. The van der Waals surface area contributed by atoms with Crippen LogP contribution < -0.4 is 0 Å². The number of nitrogens with zero attached hydrogens (tertiary/aromatic N) is 4. The number of carbonyl (C=O) groups excluding carboxylic acids is 1. The summed E-state index contributed by atoms with van der Waals surface area (Å²) in [5.41, 5.74) is 1.87. The third-order valence-electron chi connectivity index (χ3n) is 4.06. The van der Waals surface area contributed by atoms with Gasteiger partial charge in [0.25, 0.3) is 5.91 Å². The Balaban J connectivity index is 1.56. The molecule has 1 amide bonds. The molecule has 0 atom stereocenters. The van der Waals surface area contributed by atoms with Crippen molar-refractivity contribution in [2.24, 2.45) is 0 Å². The molecular formula is C16H22N4O2. The van der Waals surface area contributed by atoms with Crippen LogP contribution in [0.3, 0.4) is 0 Å². The summed E-state index contributed by atoms with van der Waals surface area (Å²) in [7, 11) is 0. The molecule has 0 N–H and O–H groups in total. The van der Waals surface area contributed by atoms with Crippen LogP contribution in [0, 0.1) is 0 Å². The molecule has 0 bridgehead atoms. The van der Waals surface area contributed by atoms with Crippen LogP contribution in [-0.4, -0.2) is 51.7 Å². The first-order valence-electron chi connectivity index (χ1n) is 7.81. The topological polar surface area (TPSA) is 54.5 Å². The molecule has 1 aliphatic heterocycles. The smallest absolute Gasteiger partial charge is 0.257 e. The van der Waals surface area contributed by atoms with E-state index in [1.807, 2.05) is 15.8 Å². The van der Waals surface area contributed by atoms with Crippen LogP contribution in [0.1, 0.15) is 29.3 Å². The second-order valence-electron chi connectivity index (χ2n) is 5.64. The fourth-order valence-electron chi connectivity index (χ4n) is 2.82. The van der Waals surface area contributed by atoms with Gasteiger partial charge in [0, 0.05) is 51.0 Å². The van der Waals surface area contributed by atoms with Gasteiger partial charge in [-0.25, -0.2) is 0 Å². The first-order valence-corrected chi connectivity index (χ1v) is 7.81. The number of hydrogen-bond donors (Lipinski definition) is 0. The minimum absolute atomic E-state index is 0.0643. The van der Waals surface area contributed by atoms with E-state index in [4.69, 9.17) is 4.42 Å². The summed E-state index contributed by atoms with van der Waals surface area (Å²) in [4.78, 5) is 16.7. The van der Waals surface area contributed by atoms with E-state index in [-0.39, 0.29) is 5.91 Å². The van der Waals surface area contributed by atoms with Gasteiger partial charge in [0.15, 0.2) is 0 Å². The molecular weight excluding hydrogens is 280 g/mol. The first-order chi connectivity index (χ1) is 10.8. The summed E-state index contributed by atoms with van der Waals surface area (Å²) in [5.74, 6) is 0.0643. The first kappa shape index (κ1) is 14.8. The minimum Gasteiger partial charge on any atom is -0.472 e. The van der Waals surface area contributed by atoms with Crippen LogP contribution in [0.15, 0.2) is 35.4 Å². The van der Waals surface area contributed by atoms with Crippen LogP contribution in [0.5, 0.6) is 0 Å². The van der Waals surface area contributed by atoms with Gasteiger partial charge >= 0.3 is 0 Å². The molecule has 2 aromatic rings. The third-order valence-corrected chi connectivity index (χ3v) is 4.06. The summed E-state index contributed by atoms with van der Waals surface area (Å²) in [6, 6.07) is 1.73. The quantitative estimate of drug-likeness (QED) is 0.865. The average Bonchev–Trinajstić information content (AvgIpc) is 3.16. The Morgan fingerprint density at radius 1 is 1.32 bits per heavy atom. The third kappa shape index (κ3) is 3.39. The second-order valence-corrected chi connectivity index (χ2v) is 5.64. The van der Waals surface area contributed by atoms with E-state index >= 15 is 0 Å². The Hall–Kier alpha value is -2.08. The summed E-state index contributed by atoms with van der Waals surface area (Å²) in [5, 5.41) is 4.32. The van der Waals surface area contributed by atoms with E-state index < -0.39 is 0 Å². The van der Waals surface area contributed by atoms with Crippen LogP contribution in [-0.2, 0) is 13.1 Å². The molecule has 1 aliphatic rings. The Labute approximate surface area is 130 Å². The molecule has 2 aromatic heterocycles. The molecule has 118 valence electrons. The van der Waals surface area contributed by atoms with Crippen molar-refractivity contribution in [1.29, 1.82) is 0 Å². The highest BCUT2D eigenvalue weighted by atomic mass is 16.3. The highest BCUT2D eigenvalue weighted by molar-refractivity contribution is 5.93. The summed E-state index contributed by atoms with van der Waals surface area (Å²) < 4.78 is 6.95. The van der Waals surface area contributed by atoms with Gasteiger partial charge in [0.1, 0.15) is 6.26 Å². The SMILES string of the molecule is CCn1cc(CN2CCCN(C(=O)c3ccoc3)CC2)cn1. The van der Waals surface area contributed by atoms with Crippen molar-refractivity contribution in [2.75, 3.05) is 26.2 Å². The number of aromatic nitrogens is 2. The lowest BCUT2D eigenvalue weighted by Gasteiger charge is -2.21. The van der Waals surface area contributed by atoms with Crippen LogP contribution >= 0.6 is 0 Å². The number of amides is 1. The summed E-state index contributed by atoms with van der Waals surface area (Å²) in [6.07, 6.45) is 8.08. The van der Waals surface area contributed by atoms with Gasteiger partial charge in [0.2, 0.25) is 0 Å². The molecule has 0 spiro atoms. The predicted octanol–water partition coefficient (Wildman–Crippen LogP) is 1.84. The fraction of sp³-hybridized carbons (Fsp3) is 0.500. The van der Waals surface area contributed by atoms with Crippen LogP contribution in [0.2, 0.25) is 0 Å². The zero-order valence-corrected chi connectivity index (χ0v) is 12.9. The van der Waals surface area contributed by atoms with Crippen molar-refractivity contribution in [3.8, 4) is 0 Å². The van der Waals surface area contributed by atoms with E-state index in [0.717, 1.165) is 45.7 Å². The lowest BCUT2D eigenvalue weighted by atomic mass is 10.3. The van der Waals surface area contributed by atoms with Gasteiger partial charge in [-0.1, -0.05) is 0 Å². The lowest BCUT2D eigenvalue weighted by Crippen LogP contribution is -2.34. The van der Waals surface area contributed by atoms with E-state index in [1.165, 1.54) is 11.8 Å². The lowest BCUT2D eigenvalue weighted by molar-refractivity contribution is 0.0760. The maximum absolute atomic E-state index is 12.4. The van der Waals surface area contributed by atoms with Gasteiger partial charge in [-0.05, 0) is 19.4 Å². The molecule has 0 unspecified atom stereocenters. The predicted molar refractivity (Wildman–Crippen MR) is 82.4 cm³/mol. The number of aryl methyl sites for hydroxylation is 1.